The van der Waals surface area contributed by atoms with E-state index in [-0.39, 0.29) is 23.9 Å². The summed E-state index contributed by atoms with van der Waals surface area (Å²) in [5.41, 5.74) is 2.81. The van der Waals surface area contributed by atoms with Gasteiger partial charge in [0, 0.05) is 43.5 Å². The molecule has 1 aliphatic heterocycles. The number of amides is 2. The van der Waals surface area contributed by atoms with Crippen LogP contribution in [0, 0.1) is 13.8 Å². The van der Waals surface area contributed by atoms with Crippen LogP contribution in [0.1, 0.15) is 36.2 Å². The summed E-state index contributed by atoms with van der Waals surface area (Å²) < 4.78 is 1.79. The average molecular weight is 375 g/mol. The molecule has 0 radical (unpaired) electrons. The molecule has 3 N–H and O–H groups in total. The van der Waals surface area contributed by atoms with Crippen LogP contribution in [0.2, 0.25) is 0 Å². The number of aliphatic hydroxyl groups excluding tert-OH is 1. The molecule has 8 nitrogen and oxygen atoms in total. The molecule has 8 heteroatoms. The molecule has 3 atom stereocenters. The maximum Gasteiger partial charge on any atom is 0.244 e. The topological polar surface area (TPSA) is 99.5 Å². The Morgan fingerprint density at radius 3 is 2.81 bits per heavy atom. The van der Waals surface area contributed by atoms with Crippen molar-refractivity contribution < 1.29 is 14.7 Å². The van der Waals surface area contributed by atoms with Gasteiger partial charge in [0.2, 0.25) is 11.8 Å². The predicted octanol–water partition coefficient (Wildman–Crippen LogP) is -0.120. The van der Waals surface area contributed by atoms with Gasteiger partial charge in [0.25, 0.3) is 0 Å². The zero-order chi connectivity index (χ0) is 19.6. The first-order valence-corrected chi connectivity index (χ1v) is 9.54. The first-order chi connectivity index (χ1) is 12.9. The fourth-order valence-electron chi connectivity index (χ4n) is 4.08. The van der Waals surface area contributed by atoms with E-state index in [9.17, 15) is 14.7 Å². The van der Waals surface area contributed by atoms with E-state index in [1.165, 1.54) is 6.08 Å². The van der Waals surface area contributed by atoms with E-state index < -0.39 is 6.10 Å². The van der Waals surface area contributed by atoms with Gasteiger partial charge in [0.15, 0.2) is 0 Å². The summed E-state index contributed by atoms with van der Waals surface area (Å²) >= 11 is 0. The second kappa shape index (κ2) is 8.22. The van der Waals surface area contributed by atoms with Crippen molar-refractivity contribution in [2.45, 2.75) is 51.3 Å². The van der Waals surface area contributed by atoms with Crippen LogP contribution in [-0.4, -0.2) is 69.4 Å². The standard InChI is InChI=1S/C19H29N5O3/c1-12-14(13(2)23(3)22-12)7-8-17(25)21-15-5-4-6-16(19(15)27)24-10-9-20-18(26)11-24/h7-8,15-16,19,27H,4-6,9-11H2,1-3H3,(H,20,26)(H,21,25)/b8-7+/t15-,16-,19-/m1/s1. The van der Waals surface area contributed by atoms with Crippen molar-refractivity contribution in [3.05, 3.63) is 23.0 Å². The van der Waals surface area contributed by atoms with Crippen LogP contribution in [0.4, 0.5) is 0 Å². The zero-order valence-corrected chi connectivity index (χ0v) is 16.2. The predicted molar refractivity (Wildman–Crippen MR) is 102 cm³/mol. The second-order valence-electron chi connectivity index (χ2n) is 7.47. The molecule has 2 amide bonds. The van der Waals surface area contributed by atoms with Gasteiger partial charge >= 0.3 is 0 Å². The van der Waals surface area contributed by atoms with Gasteiger partial charge in [-0.05, 0) is 39.2 Å². The summed E-state index contributed by atoms with van der Waals surface area (Å²) in [5, 5.41) is 20.8. The Hall–Kier alpha value is -2.19. The number of hydrogen-bond donors (Lipinski definition) is 3. The molecule has 148 valence electrons. The van der Waals surface area contributed by atoms with Crippen molar-refractivity contribution in [1.29, 1.82) is 0 Å². The molecule has 1 aromatic rings. The zero-order valence-electron chi connectivity index (χ0n) is 16.2. The molecule has 0 spiro atoms. The quantitative estimate of drug-likeness (QED) is 0.637. The maximum absolute atomic E-state index is 12.4. The molecule has 1 aliphatic carbocycles. The monoisotopic (exact) mass is 375 g/mol. The number of rotatable bonds is 4. The van der Waals surface area contributed by atoms with Gasteiger partial charge in [-0.2, -0.15) is 5.10 Å². The van der Waals surface area contributed by atoms with Gasteiger partial charge in [-0.15, -0.1) is 0 Å². The van der Waals surface area contributed by atoms with Crippen molar-refractivity contribution in [2.24, 2.45) is 7.05 Å². The molecule has 27 heavy (non-hydrogen) atoms. The number of hydrogen-bond acceptors (Lipinski definition) is 5. The van der Waals surface area contributed by atoms with Crippen LogP contribution >= 0.6 is 0 Å². The molecule has 1 saturated heterocycles. The van der Waals surface area contributed by atoms with Crippen molar-refractivity contribution in [2.75, 3.05) is 19.6 Å². The molecule has 3 rings (SSSR count). The van der Waals surface area contributed by atoms with Gasteiger partial charge in [-0.3, -0.25) is 19.2 Å². The summed E-state index contributed by atoms with van der Waals surface area (Å²) in [6.45, 7) is 5.51. The van der Waals surface area contributed by atoms with Gasteiger partial charge in [-0.1, -0.05) is 0 Å². The normalized spacial score (nSPS) is 27.0. The number of aromatic nitrogens is 2. The highest BCUT2D eigenvalue weighted by molar-refractivity contribution is 5.92. The number of carbonyl (C=O) groups excluding carboxylic acids is 2. The van der Waals surface area contributed by atoms with Gasteiger partial charge in [0.05, 0.1) is 24.4 Å². The fourth-order valence-corrected chi connectivity index (χ4v) is 4.08. The fraction of sp³-hybridized carbons (Fsp3) is 0.632. The summed E-state index contributed by atoms with van der Waals surface area (Å²) in [5.74, 6) is -0.233. The van der Waals surface area contributed by atoms with E-state index in [1.54, 1.807) is 10.8 Å². The lowest BCUT2D eigenvalue weighted by molar-refractivity contribution is -0.127. The lowest BCUT2D eigenvalue weighted by Gasteiger charge is -2.42. The van der Waals surface area contributed by atoms with Crippen molar-refractivity contribution in [1.82, 2.24) is 25.3 Å². The smallest absolute Gasteiger partial charge is 0.244 e. The second-order valence-corrected chi connectivity index (χ2v) is 7.47. The number of piperazine rings is 1. The Labute approximate surface area is 159 Å². The van der Waals surface area contributed by atoms with Gasteiger partial charge in [-0.25, -0.2) is 0 Å². The third-order valence-electron chi connectivity index (χ3n) is 5.65. The molecule has 2 heterocycles. The Bertz CT molecular complexity index is 742. The van der Waals surface area contributed by atoms with Crippen LogP contribution in [0.3, 0.4) is 0 Å². The van der Waals surface area contributed by atoms with E-state index in [2.05, 4.69) is 15.7 Å². The minimum absolute atomic E-state index is 0.00949. The highest BCUT2D eigenvalue weighted by atomic mass is 16.3. The number of aryl methyl sites for hydroxylation is 2. The molecular formula is C19H29N5O3. The highest BCUT2D eigenvalue weighted by Crippen LogP contribution is 2.24. The Morgan fingerprint density at radius 1 is 1.37 bits per heavy atom. The summed E-state index contributed by atoms with van der Waals surface area (Å²) in [6.07, 6.45) is 5.09. The van der Waals surface area contributed by atoms with E-state index in [4.69, 9.17) is 0 Å². The van der Waals surface area contributed by atoms with E-state index >= 15 is 0 Å². The first kappa shape index (κ1) is 19.6. The minimum Gasteiger partial charge on any atom is -0.389 e. The molecule has 1 aromatic heterocycles. The van der Waals surface area contributed by atoms with Crippen LogP contribution in [0.15, 0.2) is 6.08 Å². The molecule has 0 unspecified atom stereocenters. The first-order valence-electron chi connectivity index (χ1n) is 9.54. The Kier molecular flexibility index (Phi) is 5.96. The average Bonchev–Trinajstić information content (AvgIpc) is 2.87. The molecule has 0 bridgehead atoms. The minimum atomic E-state index is -0.677. The summed E-state index contributed by atoms with van der Waals surface area (Å²) in [7, 11) is 1.87. The SMILES string of the molecule is Cc1nn(C)c(C)c1/C=C/C(=O)N[C@@H]1CCC[C@@H](N2CCNC(=O)C2)[C@@H]1O. The lowest BCUT2D eigenvalue weighted by atomic mass is 9.86. The molecule has 1 saturated carbocycles. The van der Waals surface area contributed by atoms with Gasteiger partial charge < -0.3 is 15.7 Å². The number of nitrogens with one attached hydrogen (secondary N) is 2. The Balaban J connectivity index is 1.61. The largest absolute Gasteiger partial charge is 0.389 e. The third kappa shape index (κ3) is 4.39. The van der Waals surface area contributed by atoms with Crippen molar-refractivity contribution >= 4 is 17.9 Å². The highest BCUT2D eigenvalue weighted by Gasteiger charge is 2.37. The Morgan fingerprint density at radius 2 is 2.15 bits per heavy atom. The summed E-state index contributed by atoms with van der Waals surface area (Å²) in [4.78, 5) is 26.0. The maximum atomic E-state index is 12.4. The van der Waals surface area contributed by atoms with E-state index in [0.717, 1.165) is 42.8 Å². The summed E-state index contributed by atoms with van der Waals surface area (Å²) in [6, 6.07) is -0.399. The lowest BCUT2D eigenvalue weighted by Crippen LogP contribution is -2.60. The van der Waals surface area contributed by atoms with Crippen molar-refractivity contribution in [3.63, 3.8) is 0 Å². The molecule has 2 fully saturated rings. The molecule has 0 aromatic carbocycles. The van der Waals surface area contributed by atoms with Crippen LogP contribution in [-0.2, 0) is 16.6 Å². The van der Waals surface area contributed by atoms with Crippen LogP contribution in [0.25, 0.3) is 6.08 Å². The number of carbonyl (C=O) groups is 2. The number of nitrogens with zero attached hydrogens (tertiary/aromatic N) is 3. The molecule has 2 aliphatic rings. The van der Waals surface area contributed by atoms with E-state index in [1.807, 2.05) is 25.8 Å². The van der Waals surface area contributed by atoms with Crippen molar-refractivity contribution in [3.8, 4) is 0 Å². The van der Waals surface area contributed by atoms with Crippen LogP contribution in [0.5, 0.6) is 0 Å². The van der Waals surface area contributed by atoms with Crippen LogP contribution < -0.4 is 10.6 Å². The third-order valence-corrected chi connectivity index (χ3v) is 5.65. The molecular weight excluding hydrogens is 346 g/mol. The number of aliphatic hydroxyl groups is 1. The van der Waals surface area contributed by atoms with E-state index in [0.29, 0.717) is 13.1 Å². The van der Waals surface area contributed by atoms with Gasteiger partial charge in [0.1, 0.15) is 0 Å².